The molecule has 0 amide bonds. The monoisotopic (exact) mass is 288 g/mol. The van der Waals surface area contributed by atoms with Gasteiger partial charge in [-0.1, -0.05) is 38.1 Å². The molecule has 1 aromatic rings. The van der Waals surface area contributed by atoms with E-state index >= 15 is 0 Å². The van der Waals surface area contributed by atoms with Gasteiger partial charge in [-0.3, -0.25) is 0 Å². The van der Waals surface area contributed by atoms with Crippen molar-refractivity contribution >= 4 is 11.4 Å². The number of nitrogens with zero attached hydrogens (tertiary/aromatic N) is 2. The van der Waals surface area contributed by atoms with Crippen LogP contribution in [0.15, 0.2) is 29.4 Å². The van der Waals surface area contributed by atoms with Crippen molar-refractivity contribution in [3.8, 4) is 0 Å². The van der Waals surface area contributed by atoms with Crippen molar-refractivity contribution in [3.63, 3.8) is 0 Å². The standard InChI is InChI=1S/C18H28N2O/c1-15(18(2,3)4)19-21-14-16-8-10-17(11-9-16)20-12-6-5-7-13-20/h8-11H,5-7,12-14H2,1-4H3/b19-15+. The van der Waals surface area contributed by atoms with Gasteiger partial charge >= 0.3 is 0 Å². The Morgan fingerprint density at radius 3 is 2.29 bits per heavy atom. The maximum atomic E-state index is 5.47. The zero-order chi connectivity index (χ0) is 15.3. The van der Waals surface area contributed by atoms with E-state index in [-0.39, 0.29) is 5.41 Å². The van der Waals surface area contributed by atoms with Gasteiger partial charge in [0.2, 0.25) is 0 Å². The van der Waals surface area contributed by atoms with E-state index in [0.717, 1.165) is 5.71 Å². The fraction of sp³-hybridized carbons (Fsp3) is 0.611. The van der Waals surface area contributed by atoms with Crippen LogP contribution in [0.2, 0.25) is 0 Å². The number of piperidine rings is 1. The molecule has 3 nitrogen and oxygen atoms in total. The first-order valence-electron chi connectivity index (χ1n) is 7.98. The Kier molecular flexibility index (Phi) is 5.27. The first kappa shape index (κ1) is 15.9. The third kappa shape index (κ3) is 4.76. The van der Waals surface area contributed by atoms with Gasteiger partial charge in [0, 0.05) is 24.2 Å². The highest BCUT2D eigenvalue weighted by molar-refractivity contribution is 5.86. The molecule has 0 bridgehead atoms. The predicted octanol–water partition coefficient (Wildman–Crippen LogP) is 4.62. The smallest absolute Gasteiger partial charge is 0.142 e. The van der Waals surface area contributed by atoms with Crippen molar-refractivity contribution in [2.75, 3.05) is 18.0 Å². The average Bonchev–Trinajstić information content (AvgIpc) is 2.48. The SMILES string of the molecule is C/C(=N\OCc1ccc(N2CCCCC2)cc1)C(C)(C)C. The summed E-state index contributed by atoms with van der Waals surface area (Å²) < 4.78 is 0. The van der Waals surface area contributed by atoms with Crippen LogP contribution in [0.3, 0.4) is 0 Å². The largest absolute Gasteiger partial charge is 0.391 e. The lowest BCUT2D eigenvalue weighted by Crippen LogP contribution is -2.29. The van der Waals surface area contributed by atoms with Gasteiger partial charge in [-0.05, 0) is 43.9 Å². The molecule has 0 spiro atoms. The van der Waals surface area contributed by atoms with E-state index in [0.29, 0.717) is 6.61 Å². The van der Waals surface area contributed by atoms with Crippen molar-refractivity contribution < 1.29 is 4.84 Å². The van der Waals surface area contributed by atoms with Crippen molar-refractivity contribution in [1.29, 1.82) is 0 Å². The molecule has 0 radical (unpaired) electrons. The van der Waals surface area contributed by atoms with Gasteiger partial charge < -0.3 is 9.74 Å². The van der Waals surface area contributed by atoms with Crippen LogP contribution in [0, 0.1) is 5.41 Å². The molecular formula is C18H28N2O. The maximum Gasteiger partial charge on any atom is 0.142 e. The molecule has 0 atom stereocenters. The molecule has 0 aromatic heterocycles. The van der Waals surface area contributed by atoms with Crippen LogP contribution in [0.1, 0.15) is 52.5 Å². The molecule has 1 saturated heterocycles. The first-order valence-corrected chi connectivity index (χ1v) is 7.98. The third-order valence-corrected chi connectivity index (χ3v) is 4.18. The Balaban J connectivity index is 1.88. The average molecular weight is 288 g/mol. The van der Waals surface area contributed by atoms with E-state index in [9.17, 15) is 0 Å². The van der Waals surface area contributed by atoms with E-state index in [1.165, 1.54) is 43.6 Å². The Morgan fingerprint density at radius 2 is 1.71 bits per heavy atom. The highest BCUT2D eigenvalue weighted by atomic mass is 16.6. The number of hydrogen-bond donors (Lipinski definition) is 0. The Bertz CT molecular complexity index is 465. The summed E-state index contributed by atoms with van der Waals surface area (Å²) in [5.41, 5.74) is 3.58. The second-order valence-electron chi connectivity index (χ2n) is 6.91. The third-order valence-electron chi connectivity index (χ3n) is 4.18. The molecule has 1 aliphatic rings. The van der Waals surface area contributed by atoms with Crippen LogP contribution >= 0.6 is 0 Å². The lowest BCUT2D eigenvalue weighted by Gasteiger charge is -2.28. The Labute approximate surface area is 129 Å². The minimum Gasteiger partial charge on any atom is -0.391 e. The molecule has 1 fully saturated rings. The summed E-state index contributed by atoms with van der Waals surface area (Å²) in [6.07, 6.45) is 3.99. The van der Waals surface area contributed by atoms with E-state index in [4.69, 9.17) is 4.84 Å². The van der Waals surface area contributed by atoms with Crippen LogP contribution in [0.25, 0.3) is 0 Å². The summed E-state index contributed by atoms with van der Waals surface area (Å²) in [5, 5.41) is 4.21. The highest BCUT2D eigenvalue weighted by Gasteiger charge is 2.14. The van der Waals surface area contributed by atoms with E-state index in [1.807, 2.05) is 6.92 Å². The molecular weight excluding hydrogens is 260 g/mol. The summed E-state index contributed by atoms with van der Waals surface area (Å²) in [4.78, 5) is 7.94. The summed E-state index contributed by atoms with van der Waals surface area (Å²) in [5.74, 6) is 0. The maximum absolute atomic E-state index is 5.47. The van der Waals surface area contributed by atoms with E-state index in [1.54, 1.807) is 0 Å². The molecule has 1 aromatic carbocycles. The van der Waals surface area contributed by atoms with Crippen LogP contribution in [-0.4, -0.2) is 18.8 Å². The zero-order valence-corrected chi connectivity index (χ0v) is 13.9. The van der Waals surface area contributed by atoms with Crippen molar-refractivity contribution in [3.05, 3.63) is 29.8 Å². The van der Waals surface area contributed by atoms with Gasteiger partial charge in [0.15, 0.2) is 0 Å². The molecule has 1 heterocycles. The normalized spacial score (nSPS) is 17.0. The van der Waals surface area contributed by atoms with Gasteiger partial charge in [-0.2, -0.15) is 0 Å². The van der Waals surface area contributed by atoms with Gasteiger partial charge in [0.25, 0.3) is 0 Å². The summed E-state index contributed by atoms with van der Waals surface area (Å²) >= 11 is 0. The highest BCUT2D eigenvalue weighted by Crippen LogP contribution is 2.21. The minimum absolute atomic E-state index is 0.0676. The topological polar surface area (TPSA) is 24.8 Å². The summed E-state index contributed by atoms with van der Waals surface area (Å²) in [6.45, 7) is 11.3. The lowest BCUT2D eigenvalue weighted by atomic mass is 9.91. The molecule has 21 heavy (non-hydrogen) atoms. The van der Waals surface area contributed by atoms with Crippen LogP contribution in [0.5, 0.6) is 0 Å². The number of anilines is 1. The van der Waals surface area contributed by atoms with Crippen LogP contribution < -0.4 is 4.90 Å². The van der Waals surface area contributed by atoms with Crippen molar-refractivity contribution in [2.45, 2.75) is 53.6 Å². The number of hydrogen-bond acceptors (Lipinski definition) is 3. The van der Waals surface area contributed by atoms with Gasteiger partial charge in [0.05, 0.1) is 5.71 Å². The molecule has 0 unspecified atom stereocenters. The number of benzene rings is 1. The first-order chi connectivity index (χ1) is 9.97. The van der Waals surface area contributed by atoms with Gasteiger partial charge in [0.1, 0.15) is 6.61 Å². The van der Waals surface area contributed by atoms with Gasteiger partial charge in [-0.25, -0.2) is 0 Å². The number of oxime groups is 1. The Morgan fingerprint density at radius 1 is 1.10 bits per heavy atom. The van der Waals surface area contributed by atoms with E-state index in [2.05, 4.69) is 55.1 Å². The molecule has 2 rings (SSSR count). The lowest BCUT2D eigenvalue weighted by molar-refractivity contribution is 0.127. The molecule has 0 aliphatic carbocycles. The van der Waals surface area contributed by atoms with Crippen LogP contribution in [-0.2, 0) is 11.4 Å². The molecule has 0 N–H and O–H groups in total. The van der Waals surface area contributed by atoms with Crippen molar-refractivity contribution in [2.24, 2.45) is 10.6 Å². The van der Waals surface area contributed by atoms with E-state index < -0.39 is 0 Å². The van der Waals surface area contributed by atoms with Crippen molar-refractivity contribution in [1.82, 2.24) is 0 Å². The molecule has 3 heteroatoms. The number of rotatable bonds is 4. The molecule has 0 saturated carbocycles. The summed E-state index contributed by atoms with van der Waals surface area (Å²) in [7, 11) is 0. The summed E-state index contributed by atoms with van der Waals surface area (Å²) in [6, 6.07) is 8.69. The second-order valence-corrected chi connectivity index (χ2v) is 6.91. The molecule has 116 valence electrons. The zero-order valence-electron chi connectivity index (χ0n) is 13.9. The Hall–Kier alpha value is -1.51. The predicted molar refractivity (Wildman–Crippen MR) is 89.9 cm³/mol. The quantitative estimate of drug-likeness (QED) is 0.597. The fourth-order valence-electron chi connectivity index (χ4n) is 2.30. The fourth-order valence-corrected chi connectivity index (χ4v) is 2.30. The molecule has 1 aliphatic heterocycles. The minimum atomic E-state index is 0.0676. The second kappa shape index (κ2) is 6.97. The van der Waals surface area contributed by atoms with Gasteiger partial charge in [-0.15, -0.1) is 0 Å². The van der Waals surface area contributed by atoms with Crippen LogP contribution in [0.4, 0.5) is 5.69 Å².